The Balaban J connectivity index is 2.62. The summed E-state index contributed by atoms with van der Waals surface area (Å²) in [6.07, 6.45) is 0. The third kappa shape index (κ3) is 3.94. The Morgan fingerprint density at radius 3 is 2.72 bits per heavy atom. The number of ether oxygens (including phenoxy) is 2. The highest BCUT2D eigenvalue weighted by molar-refractivity contribution is 5.45. The van der Waals surface area contributed by atoms with Crippen molar-refractivity contribution < 1.29 is 23.9 Å². The zero-order valence-electron chi connectivity index (χ0n) is 9.89. The highest BCUT2D eigenvalue weighted by atomic mass is 19.1. The van der Waals surface area contributed by atoms with Gasteiger partial charge in [-0.2, -0.15) is 0 Å². The van der Waals surface area contributed by atoms with Crippen molar-refractivity contribution in [2.75, 3.05) is 26.4 Å². The standard InChI is InChI=1S/C11H14FNO5/c1-8-6-11(18-5-4-17-3-2-14)9(12)7-10(8)13(15)16/h6-7,14H,2-5H2,1H3. The number of hydrogen-bond acceptors (Lipinski definition) is 5. The third-order valence-electron chi connectivity index (χ3n) is 2.17. The molecule has 0 saturated heterocycles. The third-order valence-corrected chi connectivity index (χ3v) is 2.17. The molecule has 6 nitrogen and oxygen atoms in total. The largest absolute Gasteiger partial charge is 0.488 e. The SMILES string of the molecule is Cc1cc(OCCOCCO)c(F)cc1[N+](=O)[O-]. The lowest BCUT2D eigenvalue weighted by atomic mass is 10.2. The van der Waals surface area contributed by atoms with Crippen molar-refractivity contribution in [1.29, 1.82) is 0 Å². The van der Waals surface area contributed by atoms with E-state index in [0.717, 1.165) is 6.07 Å². The van der Waals surface area contributed by atoms with Crippen molar-refractivity contribution in [3.63, 3.8) is 0 Å². The molecule has 0 atom stereocenters. The number of halogens is 1. The van der Waals surface area contributed by atoms with Gasteiger partial charge in [0, 0.05) is 5.56 Å². The second kappa shape index (κ2) is 6.87. The average Bonchev–Trinajstić information content (AvgIpc) is 2.32. The first-order chi connectivity index (χ1) is 8.56. The lowest BCUT2D eigenvalue weighted by Gasteiger charge is -2.08. The number of benzene rings is 1. The van der Waals surface area contributed by atoms with Crippen molar-refractivity contribution in [3.05, 3.63) is 33.6 Å². The summed E-state index contributed by atoms with van der Waals surface area (Å²) in [7, 11) is 0. The van der Waals surface area contributed by atoms with Crippen LogP contribution in [0.1, 0.15) is 5.56 Å². The number of nitro benzene ring substituents is 1. The van der Waals surface area contributed by atoms with E-state index >= 15 is 0 Å². The van der Waals surface area contributed by atoms with Crippen LogP contribution in [0.2, 0.25) is 0 Å². The van der Waals surface area contributed by atoms with Gasteiger partial charge in [0.05, 0.1) is 30.8 Å². The fraction of sp³-hybridized carbons (Fsp3) is 0.455. The van der Waals surface area contributed by atoms with E-state index in [1.54, 1.807) is 0 Å². The molecule has 1 aromatic rings. The van der Waals surface area contributed by atoms with E-state index in [1.807, 2.05) is 0 Å². The van der Waals surface area contributed by atoms with Crippen molar-refractivity contribution in [1.82, 2.24) is 0 Å². The second-order valence-electron chi connectivity index (χ2n) is 3.51. The first-order valence-electron chi connectivity index (χ1n) is 5.32. The van der Waals surface area contributed by atoms with Gasteiger partial charge in [-0.1, -0.05) is 0 Å². The lowest BCUT2D eigenvalue weighted by Crippen LogP contribution is -2.10. The summed E-state index contributed by atoms with van der Waals surface area (Å²) in [4.78, 5) is 9.93. The molecule has 0 aliphatic heterocycles. The van der Waals surface area contributed by atoms with Crippen molar-refractivity contribution in [2.24, 2.45) is 0 Å². The lowest BCUT2D eigenvalue weighted by molar-refractivity contribution is -0.385. The van der Waals surface area contributed by atoms with Crippen LogP contribution in [0, 0.1) is 22.9 Å². The maximum Gasteiger partial charge on any atom is 0.275 e. The number of nitro groups is 1. The fourth-order valence-electron chi connectivity index (χ4n) is 1.33. The van der Waals surface area contributed by atoms with E-state index in [9.17, 15) is 14.5 Å². The Morgan fingerprint density at radius 1 is 1.39 bits per heavy atom. The van der Waals surface area contributed by atoms with Gasteiger partial charge in [-0.3, -0.25) is 10.1 Å². The number of aryl methyl sites for hydroxylation is 1. The summed E-state index contributed by atoms with van der Waals surface area (Å²) in [5.41, 5.74) is 0.0454. The summed E-state index contributed by atoms with van der Waals surface area (Å²) in [6, 6.07) is 2.11. The van der Waals surface area contributed by atoms with Crippen LogP contribution in [0.5, 0.6) is 5.75 Å². The fourth-order valence-corrected chi connectivity index (χ4v) is 1.33. The van der Waals surface area contributed by atoms with Gasteiger partial charge in [-0.05, 0) is 13.0 Å². The van der Waals surface area contributed by atoms with Crippen molar-refractivity contribution in [2.45, 2.75) is 6.92 Å². The predicted molar refractivity (Wildman–Crippen MR) is 61.2 cm³/mol. The molecule has 0 spiro atoms. The van der Waals surface area contributed by atoms with E-state index in [4.69, 9.17) is 14.6 Å². The van der Waals surface area contributed by atoms with Crippen molar-refractivity contribution in [3.8, 4) is 5.75 Å². The summed E-state index contributed by atoms with van der Waals surface area (Å²) in [5, 5.41) is 19.0. The maximum atomic E-state index is 13.5. The van der Waals surface area contributed by atoms with Gasteiger partial charge in [0.2, 0.25) is 0 Å². The Morgan fingerprint density at radius 2 is 2.11 bits per heavy atom. The quantitative estimate of drug-likeness (QED) is 0.455. The molecule has 0 amide bonds. The minimum absolute atomic E-state index is 0.0503. The number of hydrogen-bond donors (Lipinski definition) is 1. The van der Waals surface area contributed by atoms with Gasteiger partial charge >= 0.3 is 0 Å². The molecule has 0 aliphatic rings. The highest BCUT2D eigenvalue weighted by Gasteiger charge is 2.16. The zero-order valence-corrected chi connectivity index (χ0v) is 9.89. The maximum absolute atomic E-state index is 13.5. The van der Waals surface area contributed by atoms with Gasteiger partial charge in [-0.25, -0.2) is 4.39 Å². The Hall–Kier alpha value is -1.73. The second-order valence-corrected chi connectivity index (χ2v) is 3.51. The number of aliphatic hydroxyl groups is 1. The molecule has 0 aliphatic carbocycles. The molecule has 7 heteroatoms. The van der Waals surface area contributed by atoms with Gasteiger partial charge in [0.1, 0.15) is 6.61 Å². The van der Waals surface area contributed by atoms with E-state index in [-0.39, 0.29) is 37.9 Å². The Bertz CT molecular complexity index is 424. The minimum Gasteiger partial charge on any atom is -0.488 e. The number of aliphatic hydroxyl groups excluding tert-OH is 1. The average molecular weight is 259 g/mol. The molecular weight excluding hydrogens is 245 g/mol. The topological polar surface area (TPSA) is 81.8 Å². The normalized spacial score (nSPS) is 10.4. The highest BCUT2D eigenvalue weighted by Crippen LogP contribution is 2.26. The van der Waals surface area contributed by atoms with Gasteiger partial charge in [-0.15, -0.1) is 0 Å². The van der Waals surface area contributed by atoms with Gasteiger partial charge in [0.15, 0.2) is 11.6 Å². The number of nitrogens with zero attached hydrogens (tertiary/aromatic N) is 1. The predicted octanol–water partition coefficient (Wildman–Crippen LogP) is 1.43. The minimum atomic E-state index is -0.783. The molecule has 0 unspecified atom stereocenters. The summed E-state index contributed by atoms with van der Waals surface area (Å²) in [6.45, 7) is 1.91. The molecule has 1 N–H and O–H groups in total. The van der Waals surface area contributed by atoms with E-state index in [0.29, 0.717) is 5.56 Å². The molecule has 0 radical (unpaired) electrons. The van der Waals surface area contributed by atoms with Gasteiger partial charge in [0.25, 0.3) is 5.69 Å². The first kappa shape index (κ1) is 14.3. The van der Waals surface area contributed by atoms with Crippen LogP contribution in [0.25, 0.3) is 0 Å². The summed E-state index contributed by atoms with van der Waals surface area (Å²) in [5.74, 6) is -0.833. The molecule has 100 valence electrons. The van der Waals surface area contributed by atoms with Crippen LogP contribution in [0.15, 0.2) is 12.1 Å². The molecule has 1 aromatic carbocycles. The molecule has 0 bridgehead atoms. The van der Waals surface area contributed by atoms with E-state index in [2.05, 4.69) is 0 Å². The molecule has 0 heterocycles. The molecular formula is C11H14FNO5. The molecule has 0 aromatic heterocycles. The number of rotatable bonds is 7. The van der Waals surface area contributed by atoms with Crippen LogP contribution >= 0.6 is 0 Å². The van der Waals surface area contributed by atoms with E-state index < -0.39 is 10.7 Å². The summed E-state index contributed by atoms with van der Waals surface area (Å²) < 4.78 is 23.5. The monoisotopic (exact) mass is 259 g/mol. The van der Waals surface area contributed by atoms with Crippen LogP contribution < -0.4 is 4.74 Å². The summed E-state index contributed by atoms with van der Waals surface area (Å²) >= 11 is 0. The molecule has 0 fully saturated rings. The molecule has 1 rings (SSSR count). The van der Waals surface area contributed by atoms with Crippen LogP contribution in [0.4, 0.5) is 10.1 Å². The molecule has 0 saturated carbocycles. The zero-order chi connectivity index (χ0) is 13.5. The molecule has 18 heavy (non-hydrogen) atoms. The first-order valence-corrected chi connectivity index (χ1v) is 5.32. The van der Waals surface area contributed by atoms with E-state index in [1.165, 1.54) is 13.0 Å². The van der Waals surface area contributed by atoms with Gasteiger partial charge < -0.3 is 14.6 Å². The smallest absolute Gasteiger partial charge is 0.275 e. The van der Waals surface area contributed by atoms with Crippen LogP contribution in [-0.4, -0.2) is 36.5 Å². The van der Waals surface area contributed by atoms with Crippen LogP contribution in [0.3, 0.4) is 0 Å². The Labute approximate surface area is 103 Å². The Kier molecular flexibility index (Phi) is 5.47. The van der Waals surface area contributed by atoms with Crippen LogP contribution in [-0.2, 0) is 4.74 Å². The van der Waals surface area contributed by atoms with Crippen molar-refractivity contribution >= 4 is 5.69 Å².